The third-order valence-corrected chi connectivity index (χ3v) is 6.05. The highest BCUT2D eigenvalue weighted by molar-refractivity contribution is 8.14. The zero-order valence-corrected chi connectivity index (χ0v) is 17.9. The van der Waals surface area contributed by atoms with Crippen molar-refractivity contribution in [2.45, 2.75) is 32.6 Å². The molecule has 144 valence electrons. The summed E-state index contributed by atoms with van der Waals surface area (Å²) in [5.41, 5.74) is 7.93. The molecule has 1 heterocycles. The third kappa shape index (κ3) is 3.83. The van der Waals surface area contributed by atoms with E-state index in [1.807, 2.05) is 37.3 Å². The second-order valence-corrected chi connectivity index (χ2v) is 8.55. The van der Waals surface area contributed by atoms with E-state index in [0.29, 0.717) is 0 Å². The van der Waals surface area contributed by atoms with Gasteiger partial charge in [0.2, 0.25) is 5.12 Å². The molecule has 0 atom stereocenters. The number of thioether (sulfide) groups is 1. The lowest BCUT2D eigenvalue weighted by molar-refractivity contribution is 0.109. The number of hydrogen-bond donors (Lipinski definition) is 0. The maximum absolute atomic E-state index is 13.4. The molecule has 0 N–H and O–H groups in total. The van der Waals surface area contributed by atoms with Crippen LogP contribution in [0.1, 0.15) is 32.6 Å². The summed E-state index contributed by atoms with van der Waals surface area (Å²) in [6.07, 6.45) is 0. The Labute approximate surface area is 176 Å². The first-order valence-electron chi connectivity index (χ1n) is 9.70. The summed E-state index contributed by atoms with van der Waals surface area (Å²) in [5, 5.41) is 0.990. The molecule has 0 fully saturated rings. The molecule has 3 heteroatoms. The summed E-state index contributed by atoms with van der Waals surface area (Å²) in [7, 11) is 0. The maximum Gasteiger partial charge on any atom is 0.225 e. The molecule has 0 bridgehead atoms. The number of nitrogens with zero attached hydrogens (tertiary/aromatic N) is 1. The van der Waals surface area contributed by atoms with E-state index in [0.717, 1.165) is 49.3 Å². The highest BCUT2D eigenvalue weighted by atomic mass is 32.2. The Hall–Kier alpha value is -2.91. The van der Waals surface area contributed by atoms with Crippen LogP contribution in [0.2, 0.25) is 0 Å². The van der Waals surface area contributed by atoms with Crippen LogP contribution in [0.5, 0.6) is 0 Å². The van der Waals surface area contributed by atoms with Crippen LogP contribution in [-0.4, -0.2) is 10.1 Å². The summed E-state index contributed by atoms with van der Waals surface area (Å²) in [4.78, 5) is 19.4. The van der Waals surface area contributed by atoms with Gasteiger partial charge in [0.25, 0.3) is 0 Å². The Balaban J connectivity index is 1.96. The smallest absolute Gasteiger partial charge is 0.225 e. The second-order valence-electron chi connectivity index (χ2n) is 7.51. The number of benzene rings is 3. The van der Waals surface area contributed by atoms with Crippen molar-refractivity contribution < 1.29 is 4.79 Å². The maximum atomic E-state index is 13.4. The average molecular weight is 398 g/mol. The van der Waals surface area contributed by atoms with Crippen molar-refractivity contribution in [3.05, 3.63) is 94.5 Å². The Morgan fingerprint density at radius 3 is 2.21 bits per heavy atom. The normalized spacial score (nSPS) is 11.0. The lowest BCUT2D eigenvalue weighted by Crippen LogP contribution is -2.04. The zero-order valence-electron chi connectivity index (χ0n) is 17.1. The van der Waals surface area contributed by atoms with Crippen molar-refractivity contribution in [3.8, 4) is 11.3 Å². The number of aryl methyl sites for hydroxylation is 3. The van der Waals surface area contributed by atoms with Gasteiger partial charge in [-0.2, -0.15) is 0 Å². The number of carbonyl (C=O) groups excluding carboxylic acids is 1. The van der Waals surface area contributed by atoms with Gasteiger partial charge in [-0.05, 0) is 68.8 Å². The lowest BCUT2D eigenvalue weighted by atomic mass is 9.95. The molecule has 0 aliphatic carbocycles. The predicted octanol–water partition coefficient (Wildman–Crippen LogP) is 7.07. The molecular weight excluding hydrogens is 374 g/mol. The Morgan fingerprint density at radius 2 is 1.52 bits per heavy atom. The summed E-state index contributed by atoms with van der Waals surface area (Å²) in [5.74, 6) is 0. The number of aromatic nitrogens is 1. The standard InChI is InChI=1S/C26H23NOS/c1-16-10-12-20(13-11-16)25-19(4)23(26(28)29-21-8-6-5-7-9-21)22-15-17(2)14-18(3)24(22)27-25/h5-15H,1-4H3. The number of rotatable bonds is 3. The SMILES string of the molecule is Cc1ccc(-c2nc3c(C)cc(C)cc3c(C(=O)Sc3ccccc3)c2C)cc1. The molecule has 0 saturated heterocycles. The van der Waals surface area contributed by atoms with Crippen LogP contribution in [-0.2, 0) is 0 Å². The molecule has 0 unspecified atom stereocenters. The van der Waals surface area contributed by atoms with Crippen LogP contribution in [0.15, 0.2) is 71.6 Å². The van der Waals surface area contributed by atoms with Gasteiger partial charge in [-0.1, -0.05) is 59.7 Å². The van der Waals surface area contributed by atoms with Crippen LogP contribution in [0.3, 0.4) is 0 Å². The summed E-state index contributed by atoms with van der Waals surface area (Å²) in [6, 6.07) is 22.4. The molecule has 29 heavy (non-hydrogen) atoms. The minimum atomic E-state index is 0.0551. The zero-order chi connectivity index (χ0) is 20.5. The number of carbonyl (C=O) groups is 1. The lowest BCUT2D eigenvalue weighted by Gasteiger charge is -2.16. The van der Waals surface area contributed by atoms with Gasteiger partial charge in [-0.15, -0.1) is 0 Å². The van der Waals surface area contributed by atoms with E-state index in [1.54, 1.807) is 0 Å². The van der Waals surface area contributed by atoms with Gasteiger partial charge in [0.15, 0.2) is 0 Å². The number of fused-ring (bicyclic) bond motifs is 1. The Kier molecular flexibility index (Phi) is 5.25. The summed E-state index contributed by atoms with van der Waals surface area (Å²) >= 11 is 1.28. The highest BCUT2D eigenvalue weighted by Gasteiger charge is 2.21. The summed E-state index contributed by atoms with van der Waals surface area (Å²) in [6.45, 7) is 8.21. The van der Waals surface area contributed by atoms with Crippen molar-refractivity contribution in [1.29, 1.82) is 0 Å². The Morgan fingerprint density at radius 1 is 0.828 bits per heavy atom. The quantitative estimate of drug-likeness (QED) is 0.346. The summed E-state index contributed by atoms with van der Waals surface area (Å²) < 4.78 is 0. The average Bonchev–Trinajstić information content (AvgIpc) is 2.69. The first-order chi connectivity index (χ1) is 13.9. The van der Waals surface area contributed by atoms with E-state index in [-0.39, 0.29) is 5.12 Å². The van der Waals surface area contributed by atoms with Gasteiger partial charge >= 0.3 is 0 Å². The molecule has 0 amide bonds. The fourth-order valence-corrected chi connectivity index (χ4v) is 4.59. The topological polar surface area (TPSA) is 30.0 Å². The first-order valence-corrected chi connectivity index (χ1v) is 10.5. The van der Waals surface area contributed by atoms with Gasteiger partial charge < -0.3 is 0 Å². The molecule has 0 saturated carbocycles. The van der Waals surface area contributed by atoms with Crippen molar-refractivity contribution in [2.24, 2.45) is 0 Å². The third-order valence-electron chi connectivity index (χ3n) is 5.15. The van der Waals surface area contributed by atoms with E-state index < -0.39 is 0 Å². The molecular formula is C26H23NOS. The second kappa shape index (κ2) is 7.84. The minimum Gasteiger partial charge on any atom is -0.281 e. The van der Waals surface area contributed by atoms with Crippen molar-refractivity contribution >= 4 is 27.8 Å². The van der Waals surface area contributed by atoms with E-state index in [4.69, 9.17) is 4.98 Å². The van der Waals surface area contributed by atoms with Gasteiger partial charge in [0, 0.05) is 21.4 Å². The molecule has 4 rings (SSSR count). The minimum absolute atomic E-state index is 0.0551. The molecule has 1 aromatic heterocycles. The first kappa shape index (κ1) is 19.4. The molecule has 3 aromatic carbocycles. The van der Waals surface area contributed by atoms with Crippen LogP contribution >= 0.6 is 11.8 Å². The number of hydrogen-bond acceptors (Lipinski definition) is 3. The van der Waals surface area contributed by atoms with Gasteiger partial charge in [0.05, 0.1) is 11.2 Å². The largest absolute Gasteiger partial charge is 0.281 e. The van der Waals surface area contributed by atoms with Crippen molar-refractivity contribution in [1.82, 2.24) is 4.98 Å². The molecule has 2 nitrogen and oxygen atoms in total. The van der Waals surface area contributed by atoms with Crippen molar-refractivity contribution in [3.63, 3.8) is 0 Å². The monoisotopic (exact) mass is 397 g/mol. The Bertz CT molecular complexity index is 1210. The molecule has 0 spiro atoms. The molecule has 4 aromatic rings. The van der Waals surface area contributed by atoms with Gasteiger partial charge in [-0.25, -0.2) is 4.98 Å². The van der Waals surface area contributed by atoms with E-state index >= 15 is 0 Å². The fraction of sp³-hybridized carbons (Fsp3) is 0.154. The molecule has 0 radical (unpaired) electrons. The van der Waals surface area contributed by atoms with E-state index in [2.05, 4.69) is 57.2 Å². The van der Waals surface area contributed by atoms with Crippen molar-refractivity contribution in [2.75, 3.05) is 0 Å². The highest BCUT2D eigenvalue weighted by Crippen LogP contribution is 2.35. The van der Waals surface area contributed by atoms with Gasteiger partial charge in [-0.3, -0.25) is 4.79 Å². The predicted molar refractivity (Wildman–Crippen MR) is 123 cm³/mol. The van der Waals surface area contributed by atoms with E-state index in [1.165, 1.54) is 17.3 Å². The van der Waals surface area contributed by atoms with Crippen LogP contribution in [0.4, 0.5) is 0 Å². The fourth-order valence-electron chi connectivity index (χ4n) is 3.72. The van der Waals surface area contributed by atoms with E-state index in [9.17, 15) is 4.79 Å². The van der Waals surface area contributed by atoms with Crippen LogP contribution < -0.4 is 0 Å². The van der Waals surface area contributed by atoms with Gasteiger partial charge in [0.1, 0.15) is 0 Å². The van der Waals surface area contributed by atoms with Crippen LogP contribution in [0.25, 0.3) is 22.2 Å². The number of pyridine rings is 1. The molecule has 0 aliphatic heterocycles. The van der Waals surface area contributed by atoms with Crippen LogP contribution in [0, 0.1) is 27.7 Å². The molecule has 0 aliphatic rings.